The van der Waals surface area contributed by atoms with Crippen molar-refractivity contribution in [1.82, 2.24) is 9.78 Å². The average molecular weight is 279 g/mol. The van der Waals surface area contributed by atoms with Crippen LogP contribution in [0.15, 0.2) is 60.8 Å². The van der Waals surface area contributed by atoms with E-state index in [1.54, 1.807) is 7.11 Å². The van der Waals surface area contributed by atoms with Crippen LogP contribution < -0.4 is 10.5 Å². The second kappa shape index (κ2) is 5.81. The first kappa shape index (κ1) is 13.4. The van der Waals surface area contributed by atoms with Crippen molar-refractivity contribution in [1.29, 1.82) is 0 Å². The first-order valence-electron chi connectivity index (χ1n) is 6.80. The molecule has 2 aromatic carbocycles. The lowest BCUT2D eigenvalue weighted by Crippen LogP contribution is -2.07. The summed E-state index contributed by atoms with van der Waals surface area (Å²) in [4.78, 5) is 0. The highest BCUT2D eigenvalue weighted by molar-refractivity contribution is 5.67. The molecule has 106 valence electrons. The minimum Gasteiger partial charge on any atom is -0.497 e. The lowest BCUT2D eigenvalue weighted by atomic mass is 10.1. The minimum atomic E-state index is 0.427. The molecule has 0 atom stereocenters. The molecule has 0 spiro atoms. The van der Waals surface area contributed by atoms with Gasteiger partial charge in [-0.1, -0.05) is 30.3 Å². The van der Waals surface area contributed by atoms with Gasteiger partial charge < -0.3 is 10.5 Å². The number of ether oxygens (including phenoxy) is 1. The van der Waals surface area contributed by atoms with Crippen molar-refractivity contribution in [3.05, 3.63) is 66.5 Å². The van der Waals surface area contributed by atoms with Gasteiger partial charge in [-0.2, -0.15) is 5.10 Å². The quantitative estimate of drug-likeness (QED) is 0.798. The number of rotatable bonds is 4. The Morgan fingerprint density at radius 2 is 1.76 bits per heavy atom. The predicted octanol–water partition coefficient (Wildman–Crippen LogP) is 3.01. The Hall–Kier alpha value is -2.59. The molecule has 0 bridgehead atoms. The van der Waals surface area contributed by atoms with Gasteiger partial charge in [0.2, 0.25) is 0 Å². The van der Waals surface area contributed by atoms with E-state index in [0.29, 0.717) is 6.54 Å². The number of para-hydroxylation sites is 1. The van der Waals surface area contributed by atoms with E-state index in [4.69, 9.17) is 10.5 Å². The molecule has 0 saturated heterocycles. The fourth-order valence-electron chi connectivity index (χ4n) is 2.37. The Balaban J connectivity index is 2.05. The number of aromatic nitrogens is 2. The van der Waals surface area contributed by atoms with Gasteiger partial charge in [0.1, 0.15) is 5.75 Å². The SMILES string of the molecule is COc1ccc(-c2cnn(-c3ccccc3)c2CN)cc1. The van der Waals surface area contributed by atoms with Crippen molar-refractivity contribution < 1.29 is 4.74 Å². The number of hydrogen-bond donors (Lipinski definition) is 1. The molecular weight excluding hydrogens is 262 g/mol. The standard InChI is InChI=1S/C17H17N3O/c1-21-15-9-7-13(8-10-15)16-12-19-20(17(16)11-18)14-5-3-2-4-6-14/h2-10,12H,11,18H2,1H3. The molecule has 21 heavy (non-hydrogen) atoms. The van der Waals surface area contributed by atoms with Gasteiger partial charge in [-0.3, -0.25) is 0 Å². The Kier molecular flexibility index (Phi) is 3.71. The molecule has 1 heterocycles. The van der Waals surface area contributed by atoms with E-state index in [1.807, 2.05) is 65.5 Å². The average Bonchev–Trinajstić information content (AvgIpc) is 2.99. The summed E-state index contributed by atoms with van der Waals surface area (Å²) in [6.45, 7) is 0.427. The maximum Gasteiger partial charge on any atom is 0.118 e. The lowest BCUT2D eigenvalue weighted by molar-refractivity contribution is 0.415. The lowest BCUT2D eigenvalue weighted by Gasteiger charge is -2.08. The summed E-state index contributed by atoms with van der Waals surface area (Å²) in [7, 11) is 1.66. The molecule has 0 radical (unpaired) electrons. The molecule has 3 rings (SSSR count). The van der Waals surface area contributed by atoms with Crippen molar-refractivity contribution in [3.63, 3.8) is 0 Å². The van der Waals surface area contributed by atoms with Crippen molar-refractivity contribution in [3.8, 4) is 22.6 Å². The fourth-order valence-corrected chi connectivity index (χ4v) is 2.37. The summed E-state index contributed by atoms with van der Waals surface area (Å²) < 4.78 is 7.08. The van der Waals surface area contributed by atoms with Crippen LogP contribution in [-0.4, -0.2) is 16.9 Å². The summed E-state index contributed by atoms with van der Waals surface area (Å²) in [5, 5.41) is 4.48. The zero-order valence-corrected chi connectivity index (χ0v) is 11.9. The third-order valence-electron chi connectivity index (χ3n) is 3.46. The molecule has 0 unspecified atom stereocenters. The minimum absolute atomic E-state index is 0.427. The third-order valence-corrected chi connectivity index (χ3v) is 3.46. The van der Waals surface area contributed by atoms with Crippen molar-refractivity contribution >= 4 is 0 Å². The fraction of sp³-hybridized carbons (Fsp3) is 0.118. The molecule has 0 amide bonds. The monoisotopic (exact) mass is 279 g/mol. The van der Waals surface area contributed by atoms with E-state index < -0.39 is 0 Å². The topological polar surface area (TPSA) is 53.1 Å². The van der Waals surface area contributed by atoms with Crippen molar-refractivity contribution in [2.24, 2.45) is 5.73 Å². The summed E-state index contributed by atoms with van der Waals surface area (Å²) in [5.74, 6) is 0.837. The molecule has 0 aliphatic rings. The number of hydrogen-bond acceptors (Lipinski definition) is 3. The van der Waals surface area contributed by atoms with E-state index in [-0.39, 0.29) is 0 Å². The maximum atomic E-state index is 5.94. The zero-order valence-electron chi connectivity index (χ0n) is 11.9. The van der Waals surface area contributed by atoms with Crippen LogP contribution in [0, 0.1) is 0 Å². The molecule has 1 aromatic heterocycles. The van der Waals surface area contributed by atoms with E-state index in [1.165, 1.54) is 0 Å². The zero-order chi connectivity index (χ0) is 14.7. The third kappa shape index (κ3) is 2.53. The second-order valence-electron chi connectivity index (χ2n) is 4.68. The van der Waals surface area contributed by atoms with Gasteiger partial charge in [0.15, 0.2) is 0 Å². The Morgan fingerprint density at radius 1 is 1.05 bits per heavy atom. The number of nitrogens with two attached hydrogens (primary N) is 1. The van der Waals surface area contributed by atoms with Crippen LogP contribution in [0.25, 0.3) is 16.8 Å². The Labute approximate surface area is 123 Å². The molecular formula is C17H17N3O. The van der Waals surface area contributed by atoms with E-state index in [0.717, 1.165) is 28.3 Å². The van der Waals surface area contributed by atoms with Gasteiger partial charge in [0.25, 0.3) is 0 Å². The van der Waals surface area contributed by atoms with Crippen LogP contribution in [0.1, 0.15) is 5.69 Å². The van der Waals surface area contributed by atoms with Gasteiger partial charge in [-0.15, -0.1) is 0 Å². The first-order chi connectivity index (χ1) is 10.3. The van der Waals surface area contributed by atoms with Crippen LogP contribution >= 0.6 is 0 Å². The Morgan fingerprint density at radius 3 is 2.38 bits per heavy atom. The van der Waals surface area contributed by atoms with E-state index in [2.05, 4.69) is 5.10 Å². The largest absolute Gasteiger partial charge is 0.497 e. The van der Waals surface area contributed by atoms with Gasteiger partial charge in [-0.25, -0.2) is 4.68 Å². The van der Waals surface area contributed by atoms with Crippen LogP contribution in [0.5, 0.6) is 5.75 Å². The van der Waals surface area contributed by atoms with Crippen LogP contribution in [0.4, 0.5) is 0 Å². The molecule has 0 saturated carbocycles. The molecule has 0 aliphatic heterocycles. The van der Waals surface area contributed by atoms with Gasteiger partial charge >= 0.3 is 0 Å². The van der Waals surface area contributed by atoms with Crippen molar-refractivity contribution in [2.75, 3.05) is 7.11 Å². The first-order valence-corrected chi connectivity index (χ1v) is 6.80. The molecule has 0 aliphatic carbocycles. The number of nitrogens with zero attached hydrogens (tertiary/aromatic N) is 2. The summed E-state index contributed by atoms with van der Waals surface area (Å²) in [5.41, 5.74) is 10.1. The van der Waals surface area contributed by atoms with Gasteiger partial charge in [-0.05, 0) is 29.8 Å². The van der Waals surface area contributed by atoms with Crippen molar-refractivity contribution in [2.45, 2.75) is 6.54 Å². The summed E-state index contributed by atoms with van der Waals surface area (Å²) in [6.07, 6.45) is 1.86. The highest BCUT2D eigenvalue weighted by Gasteiger charge is 2.12. The molecule has 4 heteroatoms. The second-order valence-corrected chi connectivity index (χ2v) is 4.68. The predicted molar refractivity (Wildman–Crippen MR) is 83.4 cm³/mol. The number of methoxy groups -OCH3 is 1. The van der Waals surface area contributed by atoms with Gasteiger partial charge in [0, 0.05) is 12.1 Å². The van der Waals surface area contributed by atoms with Crippen LogP contribution in [-0.2, 0) is 6.54 Å². The summed E-state index contributed by atoms with van der Waals surface area (Å²) >= 11 is 0. The molecule has 0 fully saturated rings. The maximum absolute atomic E-state index is 5.94. The molecule has 3 aromatic rings. The number of benzene rings is 2. The van der Waals surface area contributed by atoms with E-state index >= 15 is 0 Å². The molecule has 4 nitrogen and oxygen atoms in total. The van der Waals surface area contributed by atoms with Gasteiger partial charge in [0.05, 0.1) is 24.7 Å². The highest BCUT2D eigenvalue weighted by atomic mass is 16.5. The highest BCUT2D eigenvalue weighted by Crippen LogP contribution is 2.27. The Bertz CT molecular complexity index is 718. The van der Waals surface area contributed by atoms with Crippen LogP contribution in [0.3, 0.4) is 0 Å². The smallest absolute Gasteiger partial charge is 0.118 e. The van der Waals surface area contributed by atoms with Crippen LogP contribution in [0.2, 0.25) is 0 Å². The normalized spacial score (nSPS) is 10.6. The molecule has 2 N–H and O–H groups in total. The summed E-state index contributed by atoms with van der Waals surface area (Å²) in [6, 6.07) is 17.9. The van der Waals surface area contributed by atoms with E-state index in [9.17, 15) is 0 Å².